The van der Waals surface area contributed by atoms with Gasteiger partial charge in [-0.2, -0.15) is 11.3 Å². The fraction of sp³-hybridized carbons (Fsp3) is 0.364. The minimum Gasteiger partial charge on any atom is -0.394 e. The number of carbonyl (C=O) groups excluding carboxylic acids is 1. The second kappa shape index (κ2) is 8.04. The number of hydrogen-bond donors (Lipinski definition) is 2. The van der Waals surface area contributed by atoms with E-state index >= 15 is 0 Å². The standard InChI is InChI=1S/C11H15NO3S/c13-5-7-15-6-4-12-11(14)2-1-10-3-8-16-9-10/h1-3,8-9,13H,4-7H2,(H,12,14)/b2-1+. The van der Waals surface area contributed by atoms with E-state index < -0.39 is 0 Å². The van der Waals surface area contributed by atoms with Crippen molar-refractivity contribution in [3.63, 3.8) is 0 Å². The molecule has 0 radical (unpaired) electrons. The summed E-state index contributed by atoms with van der Waals surface area (Å²) in [4.78, 5) is 11.3. The summed E-state index contributed by atoms with van der Waals surface area (Å²) in [5.74, 6) is -0.140. The number of rotatable bonds is 7. The SMILES string of the molecule is O=C(/C=C/c1ccsc1)NCCOCCO. The highest BCUT2D eigenvalue weighted by Crippen LogP contribution is 2.07. The second-order valence-electron chi connectivity index (χ2n) is 3.02. The number of carbonyl (C=O) groups is 1. The number of nitrogens with one attached hydrogen (secondary N) is 1. The van der Waals surface area contributed by atoms with Gasteiger partial charge in [0.05, 0.1) is 19.8 Å². The van der Waals surface area contributed by atoms with E-state index in [9.17, 15) is 4.79 Å². The molecule has 16 heavy (non-hydrogen) atoms. The molecule has 0 aliphatic rings. The summed E-state index contributed by atoms with van der Waals surface area (Å²) in [7, 11) is 0. The van der Waals surface area contributed by atoms with E-state index in [2.05, 4.69) is 5.32 Å². The van der Waals surface area contributed by atoms with E-state index in [1.165, 1.54) is 6.08 Å². The van der Waals surface area contributed by atoms with E-state index in [-0.39, 0.29) is 12.5 Å². The number of hydrogen-bond acceptors (Lipinski definition) is 4. The summed E-state index contributed by atoms with van der Waals surface area (Å²) < 4.78 is 5.00. The molecule has 0 saturated carbocycles. The molecule has 1 rings (SSSR count). The number of amides is 1. The van der Waals surface area contributed by atoms with Crippen LogP contribution in [0.1, 0.15) is 5.56 Å². The molecular weight excluding hydrogens is 226 g/mol. The first-order chi connectivity index (χ1) is 7.83. The minimum absolute atomic E-state index is 0.00596. The Bertz CT molecular complexity index is 322. The number of aliphatic hydroxyl groups is 1. The zero-order chi connectivity index (χ0) is 11.6. The van der Waals surface area contributed by atoms with Crippen LogP contribution in [0.25, 0.3) is 6.08 Å². The summed E-state index contributed by atoms with van der Waals surface area (Å²) in [6.07, 6.45) is 3.26. The van der Waals surface area contributed by atoms with Crippen LogP contribution in [0.2, 0.25) is 0 Å². The molecule has 2 N–H and O–H groups in total. The summed E-state index contributed by atoms with van der Waals surface area (Å²) in [6.45, 7) is 1.18. The fourth-order valence-electron chi connectivity index (χ4n) is 1.01. The molecule has 1 heterocycles. The third kappa shape index (κ3) is 5.65. The average Bonchev–Trinajstić information content (AvgIpc) is 2.79. The van der Waals surface area contributed by atoms with Crippen LogP contribution in [-0.4, -0.2) is 37.4 Å². The maximum atomic E-state index is 11.3. The Morgan fingerprint density at radius 2 is 2.44 bits per heavy atom. The van der Waals surface area contributed by atoms with Gasteiger partial charge in [-0.25, -0.2) is 0 Å². The zero-order valence-corrected chi connectivity index (χ0v) is 9.70. The highest BCUT2D eigenvalue weighted by molar-refractivity contribution is 7.08. The van der Waals surface area contributed by atoms with Crippen LogP contribution < -0.4 is 5.32 Å². The molecule has 4 nitrogen and oxygen atoms in total. The van der Waals surface area contributed by atoms with Crippen LogP contribution in [0.4, 0.5) is 0 Å². The third-order valence-electron chi connectivity index (χ3n) is 1.75. The molecule has 0 aliphatic heterocycles. The van der Waals surface area contributed by atoms with E-state index in [4.69, 9.17) is 9.84 Å². The smallest absolute Gasteiger partial charge is 0.244 e. The van der Waals surface area contributed by atoms with Gasteiger partial charge in [0.1, 0.15) is 0 Å². The molecule has 0 spiro atoms. The van der Waals surface area contributed by atoms with Crippen LogP contribution >= 0.6 is 11.3 Å². The van der Waals surface area contributed by atoms with Crippen molar-refractivity contribution in [2.24, 2.45) is 0 Å². The Kier molecular flexibility index (Phi) is 6.48. The second-order valence-corrected chi connectivity index (χ2v) is 3.80. The lowest BCUT2D eigenvalue weighted by Gasteiger charge is -2.02. The van der Waals surface area contributed by atoms with Gasteiger partial charge in [-0.05, 0) is 28.5 Å². The predicted molar refractivity (Wildman–Crippen MR) is 64.3 cm³/mol. The molecule has 5 heteroatoms. The van der Waals surface area contributed by atoms with Crippen LogP contribution in [0.15, 0.2) is 22.9 Å². The quantitative estimate of drug-likeness (QED) is 0.550. The number of ether oxygens (including phenoxy) is 1. The van der Waals surface area contributed by atoms with Gasteiger partial charge in [0.25, 0.3) is 0 Å². The molecule has 1 aromatic heterocycles. The molecular formula is C11H15NO3S. The van der Waals surface area contributed by atoms with E-state index in [0.29, 0.717) is 19.8 Å². The van der Waals surface area contributed by atoms with E-state index in [1.54, 1.807) is 17.4 Å². The van der Waals surface area contributed by atoms with Crippen molar-refractivity contribution in [3.05, 3.63) is 28.5 Å². The summed E-state index contributed by atoms with van der Waals surface area (Å²) >= 11 is 1.59. The maximum absolute atomic E-state index is 11.3. The molecule has 88 valence electrons. The zero-order valence-electron chi connectivity index (χ0n) is 8.89. The van der Waals surface area contributed by atoms with Gasteiger partial charge in [-0.3, -0.25) is 4.79 Å². The summed E-state index contributed by atoms with van der Waals surface area (Å²) in [6, 6.07) is 1.94. The Morgan fingerprint density at radius 3 is 3.12 bits per heavy atom. The van der Waals surface area contributed by atoms with Crippen molar-refractivity contribution in [3.8, 4) is 0 Å². The monoisotopic (exact) mass is 241 g/mol. The third-order valence-corrected chi connectivity index (χ3v) is 2.45. The highest BCUT2D eigenvalue weighted by atomic mass is 32.1. The number of aliphatic hydroxyl groups excluding tert-OH is 1. The first-order valence-corrected chi connectivity index (χ1v) is 5.94. The molecule has 0 bridgehead atoms. The molecule has 0 aliphatic carbocycles. The van der Waals surface area contributed by atoms with Gasteiger partial charge in [0.2, 0.25) is 5.91 Å². The topological polar surface area (TPSA) is 58.6 Å². The lowest BCUT2D eigenvalue weighted by atomic mass is 10.3. The van der Waals surface area contributed by atoms with E-state index in [1.807, 2.05) is 16.8 Å². The first kappa shape index (κ1) is 12.9. The highest BCUT2D eigenvalue weighted by Gasteiger charge is 1.94. The predicted octanol–water partition coefficient (Wildman–Crippen LogP) is 0.886. The molecule has 0 unspecified atom stereocenters. The number of thiophene rings is 1. The van der Waals surface area contributed by atoms with Gasteiger partial charge < -0.3 is 15.2 Å². The van der Waals surface area contributed by atoms with Crippen molar-refractivity contribution >= 4 is 23.3 Å². The van der Waals surface area contributed by atoms with Crippen molar-refractivity contribution in [1.82, 2.24) is 5.32 Å². The molecule has 0 saturated heterocycles. The summed E-state index contributed by atoms with van der Waals surface area (Å²) in [5, 5.41) is 15.0. The van der Waals surface area contributed by atoms with Crippen LogP contribution in [0.5, 0.6) is 0 Å². The van der Waals surface area contributed by atoms with Crippen LogP contribution in [0.3, 0.4) is 0 Å². The Labute approximate surface area is 98.6 Å². The van der Waals surface area contributed by atoms with E-state index in [0.717, 1.165) is 5.56 Å². The lowest BCUT2D eigenvalue weighted by molar-refractivity contribution is -0.116. The van der Waals surface area contributed by atoms with Crippen LogP contribution in [-0.2, 0) is 9.53 Å². The lowest BCUT2D eigenvalue weighted by Crippen LogP contribution is -2.25. The van der Waals surface area contributed by atoms with Crippen LogP contribution in [0, 0.1) is 0 Å². The van der Waals surface area contributed by atoms with Gasteiger partial charge in [-0.1, -0.05) is 0 Å². The Morgan fingerprint density at radius 1 is 1.56 bits per heavy atom. The average molecular weight is 241 g/mol. The van der Waals surface area contributed by atoms with Gasteiger partial charge in [-0.15, -0.1) is 0 Å². The van der Waals surface area contributed by atoms with Crippen molar-refractivity contribution in [2.45, 2.75) is 0 Å². The Hall–Kier alpha value is -1.17. The van der Waals surface area contributed by atoms with Crippen molar-refractivity contribution in [2.75, 3.05) is 26.4 Å². The molecule has 0 aromatic carbocycles. The fourth-order valence-corrected chi connectivity index (χ4v) is 1.64. The first-order valence-electron chi connectivity index (χ1n) is 4.99. The van der Waals surface area contributed by atoms with Gasteiger partial charge >= 0.3 is 0 Å². The normalized spacial score (nSPS) is 10.8. The van der Waals surface area contributed by atoms with Crippen molar-refractivity contribution in [1.29, 1.82) is 0 Å². The maximum Gasteiger partial charge on any atom is 0.244 e. The molecule has 1 aromatic rings. The summed E-state index contributed by atoms with van der Waals surface area (Å²) in [5.41, 5.74) is 1.02. The largest absolute Gasteiger partial charge is 0.394 e. The minimum atomic E-state index is -0.140. The Balaban J connectivity index is 2.11. The van der Waals surface area contributed by atoms with Crippen molar-refractivity contribution < 1.29 is 14.6 Å². The molecule has 0 atom stereocenters. The van der Waals surface area contributed by atoms with Gasteiger partial charge in [0, 0.05) is 12.6 Å². The molecule has 0 fully saturated rings. The molecule has 1 amide bonds. The van der Waals surface area contributed by atoms with Gasteiger partial charge in [0.15, 0.2) is 0 Å².